The number of phenolic OH excluding ortho intramolecular Hbond substituents is 1. The maximum atomic E-state index is 11.0. The minimum absolute atomic E-state index is 0.0631. The van der Waals surface area contributed by atoms with Crippen LogP contribution in [-0.2, 0) is 9.53 Å². The van der Waals surface area contributed by atoms with Crippen molar-refractivity contribution in [2.45, 2.75) is 13.0 Å². The summed E-state index contributed by atoms with van der Waals surface area (Å²) in [6, 6.07) is 4.20. The van der Waals surface area contributed by atoms with E-state index < -0.39 is 12.1 Å². The zero-order valence-corrected chi connectivity index (χ0v) is 10.00. The zero-order valence-electron chi connectivity index (χ0n) is 10.00. The Balaban J connectivity index is 2.97. The number of rotatable bonds is 7. The van der Waals surface area contributed by atoms with Crippen LogP contribution in [-0.4, -0.2) is 41.1 Å². The molecule has 0 heterocycles. The first kappa shape index (κ1) is 14.3. The van der Waals surface area contributed by atoms with Gasteiger partial charge in [-0.3, -0.25) is 0 Å². The Bertz CT molecular complexity index is 404. The van der Waals surface area contributed by atoms with Crippen molar-refractivity contribution in [1.29, 1.82) is 0 Å². The molecule has 100 valence electrons. The van der Waals surface area contributed by atoms with E-state index >= 15 is 0 Å². The molecule has 0 saturated carbocycles. The molecule has 18 heavy (non-hydrogen) atoms. The Morgan fingerprint density at radius 3 is 2.72 bits per heavy atom. The average Bonchev–Trinajstić information content (AvgIpc) is 2.33. The van der Waals surface area contributed by atoms with Gasteiger partial charge in [0, 0.05) is 0 Å². The van der Waals surface area contributed by atoms with Crippen molar-refractivity contribution in [3.8, 4) is 11.5 Å². The Labute approximate surface area is 104 Å². The van der Waals surface area contributed by atoms with Crippen molar-refractivity contribution < 1.29 is 29.6 Å². The maximum absolute atomic E-state index is 11.0. The first-order valence-corrected chi connectivity index (χ1v) is 5.51. The zero-order chi connectivity index (χ0) is 13.5. The van der Waals surface area contributed by atoms with Crippen molar-refractivity contribution >= 4 is 5.97 Å². The lowest BCUT2D eigenvalue weighted by molar-refractivity contribution is -0.151. The molecule has 0 aromatic heterocycles. The molecule has 3 N–H and O–H groups in total. The van der Waals surface area contributed by atoms with Gasteiger partial charge in [-0.15, -0.1) is 0 Å². The van der Waals surface area contributed by atoms with Crippen LogP contribution in [0, 0.1) is 0 Å². The summed E-state index contributed by atoms with van der Waals surface area (Å²) in [6.45, 7) is 1.76. The molecule has 1 rings (SSSR count). The summed E-state index contributed by atoms with van der Waals surface area (Å²) >= 11 is 0. The van der Waals surface area contributed by atoms with Gasteiger partial charge in [0.15, 0.2) is 17.6 Å². The lowest BCUT2D eigenvalue weighted by Crippen LogP contribution is -2.17. The monoisotopic (exact) mass is 256 g/mol. The second-order valence-electron chi connectivity index (χ2n) is 3.47. The Morgan fingerprint density at radius 1 is 1.44 bits per heavy atom. The van der Waals surface area contributed by atoms with E-state index in [1.165, 1.54) is 18.2 Å². The van der Waals surface area contributed by atoms with Crippen LogP contribution in [0.15, 0.2) is 18.2 Å². The van der Waals surface area contributed by atoms with Gasteiger partial charge < -0.3 is 24.8 Å². The molecule has 0 aliphatic heterocycles. The molecule has 0 amide bonds. The van der Waals surface area contributed by atoms with Crippen molar-refractivity contribution in [2.75, 3.05) is 19.8 Å². The number of carbonyl (C=O) groups is 1. The van der Waals surface area contributed by atoms with E-state index in [4.69, 9.17) is 19.7 Å². The second-order valence-corrected chi connectivity index (χ2v) is 3.47. The van der Waals surface area contributed by atoms with Crippen molar-refractivity contribution in [3.63, 3.8) is 0 Å². The number of hydrogen-bond donors (Lipinski definition) is 3. The van der Waals surface area contributed by atoms with Crippen molar-refractivity contribution in [1.82, 2.24) is 0 Å². The van der Waals surface area contributed by atoms with Crippen LogP contribution < -0.4 is 4.74 Å². The molecule has 1 unspecified atom stereocenters. The minimum Gasteiger partial charge on any atom is -0.504 e. The molecule has 0 aliphatic carbocycles. The van der Waals surface area contributed by atoms with E-state index in [1.54, 1.807) is 6.92 Å². The summed E-state index contributed by atoms with van der Waals surface area (Å²) in [6.07, 6.45) is -1.20. The molecule has 0 radical (unpaired) electrons. The number of phenols is 1. The number of aliphatic hydroxyl groups is 1. The number of hydrogen-bond acceptors (Lipinski definition) is 5. The van der Waals surface area contributed by atoms with Crippen LogP contribution in [0.3, 0.4) is 0 Å². The summed E-state index contributed by atoms with van der Waals surface area (Å²) in [7, 11) is 0. The van der Waals surface area contributed by atoms with E-state index in [1.807, 2.05) is 0 Å². The number of aliphatic hydroxyl groups excluding tert-OH is 1. The molecule has 1 aromatic carbocycles. The normalized spacial score (nSPS) is 12.1. The third kappa shape index (κ3) is 3.61. The van der Waals surface area contributed by atoms with Gasteiger partial charge in [0.25, 0.3) is 0 Å². The first-order chi connectivity index (χ1) is 8.60. The Hall–Kier alpha value is -1.79. The van der Waals surface area contributed by atoms with Crippen LogP contribution in [0.2, 0.25) is 0 Å². The van der Waals surface area contributed by atoms with Crippen LogP contribution in [0.4, 0.5) is 0 Å². The molecular formula is C12H16O6. The summed E-state index contributed by atoms with van der Waals surface area (Å²) in [5, 5.41) is 27.2. The highest BCUT2D eigenvalue weighted by molar-refractivity contribution is 5.74. The lowest BCUT2D eigenvalue weighted by atomic mass is 10.1. The number of carboxylic acids is 1. The molecule has 6 nitrogen and oxygen atoms in total. The van der Waals surface area contributed by atoms with E-state index in [0.29, 0.717) is 12.2 Å². The quantitative estimate of drug-likeness (QED) is 0.671. The van der Waals surface area contributed by atoms with Gasteiger partial charge in [0.1, 0.15) is 0 Å². The fourth-order valence-electron chi connectivity index (χ4n) is 1.45. The van der Waals surface area contributed by atoms with Gasteiger partial charge in [-0.25, -0.2) is 4.79 Å². The van der Waals surface area contributed by atoms with E-state index in [0.717, 1.165) is 0 Å². The summed E-state index contributed by atoms with van der Waals surface area (Å²) < 4.78 is 10.2. The first-order valence-electron chi connectivity index (χ1n) is 5.51. The Morgan fingerprint density at radius 2 is 2.17 bits per heavy atom. The predicted octanol–water partition coefficient (Wildman–Crippen LogP) is 0.925. The molecule has 1 atom stereocenters. The topological polar surface area (TPSA) is 96.2 Å². The Kier molecular flexibility index (Phi) is 5.41. The van der Waals surface area contributed by atoms with Crippen molar-refractivity contribution in [2.24, 2.45) is 0 Å². The van der Waals surface area contributed by atoms with Gasteiger partial charge in [-0.2, -0.15) is 0 Å². The number of aliphatic carboxylic acids is 1. The van der Waals surface area contributed by atoms with Crippen molar-refractivity contribution in [3.05, 3.63) is 23.8 Å². The predicted molar refractivity (Wildman–Crippen MR) is 62.7 cm³/mol. The van der Waals surface area contributed by atoms with Crippen LogP contribution >= 0.6 is 0 Å². The fraction of sp³-hybridized carbons (Fsp3) is 0.417. The SMILES string of the molecule is CCOc1cc(C(OCCO)C(=O)O)ccc1O. The highest BCUT2D eigenvalue weighted by Crippen LogP contribution is 2.30. The van der Waals surface area contributed by atoms with E-state index in [-0.39, 0.29) is 24.7 Å². The lowest BCUT2D eigenvalue weighted by Gasteiger charge is -2.15. The summed E-state index contributed by atoms with van der Waals surface area (Å²) in [5.74, 6) is -1.03. The van der Waals surface area contributed by atoms with Gasteiger partial charge in [0.2, 0.25) is 0 Å². The van der Waals surface area contributed by atoms with Gasteiger partial charge >= 0.3 is 5.97 Å². The van der Waals surface area contributed by atoms with Gasteiger partial charge in [-0.05, 0) is 24.6 Å². The van der Waals surface area contributed by atoms with Crippen LogP contribution in [0.25, 0.3) is 0 Å². The second kappa shape index (κ2) is 6.83. The van der Waals surface area contributed by atoms with Crippen LogP contribution in [0.1, 0.15) is 18.6 Å². The molecule has 0 spiro atoms. The number of ether oxygens (including phenoxy) is 2. The smallest absolute Gasteiger partial charge is 0.337 e. The molecular weight excluding hydrogens is 240 g/mol. The average molecular weight is 256 g/mol. The third-order valence-corrected chi connectivity index (χ3v) is 2.19. The molecule has 0 fully saturated rings. The number of carboxylic acid groups (broad SMARTS) is 1. The molecule has 6 heteroatoms. The highest BCUT2D eigenvalue weighted by atomic mass is 16.5. The molecule has 0 aliphatic rings. The third-order valence-electron chi connectivity index (χ3n) is 2.19. The summed E-state index contributed by atoms with van der Waals surface area (Å²) in [4.78, 5) is 11.0. The van der Waals surface area contributed by atoms with Crippen LogP contribution in [0.5, 0.6) is 11.5 Å². The summed E-state index contributed by atoms with van der Waals surface area (Å²) in [5.41, 5.74) is 0.345. The molecule has 0 bridgehead atoms. The molecule has 1 aromatic rings. The number of aromatic hydroxyl groups is 1. The standard InChI is InChI=1S/C12H16O6/c1-2-17-10-7-8(3-4-9(10)14)11(12(15)16)18-6-5-13/h3-4,7,11,13-14H,2,5-6H2,1H3,(H,15,16). The largest absolute Gasteiger partial charge is 0.504 e. The minimum atomic E-state index is -1.20. The fourth-order valence-corrected chi connectivity index (χ4v) is 1.45. The number of benzene rings is 1. The molecule has 0 saturated heterocycles. The van der Waals surface area contributed by atoms with E-state index in [9.17, 15) is 9.90 Å². The highest BCUT2D eigenvalue weighted by Gasteiger charge is 2.21. The van der Waals surface area contributed by atoms with E-state index in [2.05, 4.69) is 0 Å². The van der Waals surface area contributed by atoms with Gasteiger partial charge in [0.05, 0.1) is 19.8 Å². The maximum Gasteiger partial charge on any atom is 0.337 e. The van der Waals surface area contributed by atoms with Gasteiger partial charge in [-0.1, -0.05) is 6.07 Å².